The summed E-state index contributed by atoms with van der Waals surface area (Å²) in [6.45, 7) is 1.99. The summed E-state index contributed by atoms with van der Waals surface area (Å²) in [5, 5.41) is 3.36. The normalized spacial score (nSPS) is 12.0. The molecular weight excluding hydrogens is 510 g/mol. The summed E-state index contributed by atoms with van der Waals surface area (Å²) < 4.78 is 26.4. The van der Waals surface area contributed by atoms with Crippen molar-refractivity contribution in [2.75, 3.05) is 23.7 Å². The Labute approximate surface area is 224 Å². The van der Waals surface area contributed by atoms with Gasteiger partial charge in [-0.2, -0.15) is 0 Å². The molecule has 0 aliphatic heterocycles. The monoisotopic (exact) mass is 541 g/mol. The Morgan fingerprint density at radius 1 is 0.919 bits per heavy atom. The highest BCUT2D eigenvalue weighted by Crippen LogP contribution is 2.22. The average molecular weight is 542 g/mol. The zero-order valence-electron chi connectivity index (χ0n) is 21.0. The Bertz CT molecular complexity index is 1290. The number of halogens is 1. The lowest BCUT2D eigenvalue weighted by molar-refractivity contribution is -0.140. The number of amides is 2. The van der Waals surface area contributed by atoms with Crippen LogP contribution in [0.5, 0.6) is 0 Å². The summed E-state index contributed by atoms with van der Waals surface area (Å²) in [5.41, 5.74) is 1.90. The van der Waals surface area contributed by atoms with Crippen molar-refractivity contribution >= 4 is 39.1 Å². The Morgan fingerprint density at radius 3 is 2.11 bits per heavy atom. The van der Waals surface area contributed by atoms with Gasteiger partial charge in [-0.15, -0.1) is 0 Å². The summed E-state index contributed by atoms with van der Waals surface area (Å²) in [4.78, 5) is 28.7. The van der Waals surface area contributed by atoms with Gasteiger partial charge >= 0.3 is 0 Å². The highest BCUT2D eigenvalue weighted by atomic mass is 35.5. The van der Waals surface area contributed by atoms with Crippen molar-refractivity contribution < 1.29 is 18.0 Å². The first-order chi connectivity index (χ1) is 17.7. The van der Waals surface area contributed by atoms with Crippen LogP contribution in [0.1, 0.15) is 24.5 Å². The predicted molar refractivity (Wildman–Crippen MR) is 148 cm³/mol. The summed E-state index contributed by atoms with van der Waals surface area (Å²) in [6, 6.07) is 24.1. The van der Waals surface area contributed by atoms with Gasteiger partial charge in [-0.1, -0.05) is 85.3 Å². The molecule has 9 heteroatoms. The van der Waals surface area contributed by atoms with E-state index in [2.05, 4.69) is 5.32 Å². The zero-order valence-corrected chi connectivity index (χ0v) is 22.6. The number of carbonyl (C=O) groups excluding carboxylic acids is 2. The van der Waals surface area contributed by atoms with Crippen LogP contribution in [0, 0.1) is 0 Å². The molecule has 0 aliphatic rings. The molecule has 7 nitrogen and oxygen atoms in total. The minimum atomic E-state index is -3.79. The zero-order chi connectivity index (χ0) is 26.8. The second kappa shape index (κ2) is 13.3. The molecule has 0 saturated heterocycles. The van der Waals surface area contributed by atoms with Crippen molar-refractivity contribution in [2.45, 2.75) is 32.4 Å². The molecule has 0 saturated carbocycles. The van der Waals surface area contributed by atoms with Gasteiger partial charge in [0.1, 0.15) is 12.6 Å². The van der Waals surface area contributed by atoms with Crippen LogP contribution in [-0.2, 0) is 32.6 Å². The molecule has 1 atom stereocenters. The Balaban J connectivity index is 2.03. The van der Waals surface area contributed by atoms with E-state index in [4.69, 9.17) is 11.6 Å². The lowest BCUT2D eigenvalue weighted by atomic mass is 10.0. The van der Waals surface area contributed by atoms with Gasteiger partial charge in [-0.3, -0.25) is 13.9 Å². The van der Waals surface area contributed by atoms with Crippen molar-refractivity contribution in [1.82, 2.24) is 10.2 Å². The van der Waals surface area contributed by atoms with Gasteiger partial charge < -0.3 is 10.2 Å². The van der Waals surface area contributed by atoms with E-state index in [0.717, 1.165) is 22.5 Å². The number of nitrogens with one attached hydrogen (secondary N) is 1. The molecule has 3 aromatic rings. The highest BCUT2D eigenvalue weighted by molar-refractivity contribution is 7.92. The van der Waals surface area contributed by atoms with E-state index in [0.29, 0.717) is 22.8 Å². The van der Waals surface area contributed by atoms with Crippen molar-refractivity contribution in [3.05, 3.63) is 101 Å². The maximum atomic E-state index is 13.9. The lowest BCUT2D eigenvalue weighted by Gasteiger charge is -2.33. The molecule has 1 N–H and O–H groups in total. The molecule has 0 bridgehead atoms. The first-order valence-electron chi connectivity index (χ1n) is 12.1. The number of hydrogen-bond acceptors (Lipinski definition) is 4. The van der Waals surface area contributed by atoms with Gasteiger partial charge in [0.25, 0.3) is 0 Å². The molecule has 2 amide bonds. The maximum absolute atomic E-state index is 13.9. The highest BCUT2D eigenvalue weighted by Gasteiger charge is 2.33. The fourth-order valence-corrected chi connectivity index (χ4v) is 4.98. The molecular formula is C28H32ClN3O4S. The number of anilines is 1. The number of carbonyl (C=O) groups is 2. The van der Waals surface area contributed by atoms with Crippen LogP contribution in [0.4, 0.5) is 5.69 Å². The number of nitrogens with zero attached hydrogens (tertiary/aromatic N) is 2. The topological polar surface area (TPSA) is 86.8 Å². The standard InChI is InChI=1S/C28H32ClN3O4S/c1-3-18-30-28(34)26(19-22-12-6-4-7-13-22)31(20-23-14-10-11-17-25(23)29)27(33)21-32(37(2,35)36)24-15-8-5-9-16-24/h4-17,26H,3,18-21H2,1-2H3,(H,30,34)/t26-/m1/s1. The lowest BCUT2D eigenvalue weighted by Crippen LogP contribution is -2.53. The number of rotatable bonds is 12. The maximum Gasteiger partial charge on any atom is 0.244 e. The summed E-state index contributed by atoms with van der Waals surface area (Å²) in [7, 11) is -3.79. The molecule has 0 fully saturated rings. The fraction of sp³-hybridized carbons (Fsp3) is 0.286. The summed E-state index contributed by atoms with van der Waals surface area (Å²) in [6.07, 6.45) is 2.05. The van der Waals surface area contributed by atoms with Crippen molar-refractivity contribution in [2.24, 2.45) is 0 Å². The van der Waals surface area contributed by atoms with E-state index in [-0.39, 0.29) is 18.9 Å². The van der Waals surface area contributed by atoms with E-state index in [1.54, 1.807) is 54.6 Å². The molecule has 0 aliphatic carbocycles. The number of hydrogen-bond donors (Lipinski definition) is 1. The average Bonchev–Trinajstić information content (AvgIpc) is 2.89. The Kier molecular flexibility index (Phi) is 10.1. The van der Waals surface area contributed by atoms with Gasteiger partial charge in [0.15, 0.2) is 0 Å². The van der Waals surface area contributed by atoms with Gasteiger partial charge in [-0.25, -0.2) is 8.42 Å². The molecule has 0 aromatic heterocycles. The molecule has 3 rings (SSSR count). The SMILES string of the molecule is CCCNC(=O)[C@@H](Cc1ccccc1)N(Cc1ccccc1Cl)C(=O)CN(c1ccccc1)S(C)(=O)=O. The van der Waals surface area contributed by atoms with Gasteiger partial charge in [-0.05, 0) is 35.7 Å². The predicted octanol–water partition coefficient (Wildman–Crippen LogP) is 4.27. The molecule has 0 radical (unpaired) electrons. The molecule has 0 spiro atoms. The minimum Gasteiger partial charge on any atom is -0.354 e. The van der Waals surface area contributed by atoms with Crippen LogP contribution >= 0.6 is 11.6 Å². The first-order valence-corrected chi connectivity index (χ1v) is 14.3. The van der Waals surface area contributed by atoms with Crippen LogP contribution < -0.4 is 9.62 Å². The van der Waals surface area contributed by atoms with Crippen LogP contribution in [0.15, 0.2) is 84.9 Å². The van der Waals surface area contributed by atoms with E-state index in [1.165, 1.54) is 4.90 Å². The van der Waals surface area contributed by atoms with E-state index in [9.17, 15) is 18.0 Å². The molecule has 0 heterocycles. The van der Waals surface area contributed by atoms with Crippen molar-refractivity contribution in [3.63, 3.8) is 0 Å². The van der Waals surface area contributed by atoms with E-state index in [1.807, 2.05) is 37.3 Å². The summed E-state index contributed by atoms with van der Waals surface area (Å²) >= 11 is 6.43. The number of para-hydroxylation sites is 1. The summed E-state index contributed by atoms with van der Waals surface area (Å²) in [5.74, 6) is -0.821. The second-order valence-electron chi connectivity index (χ2n) is 8.71. The van der Waals surface area contributed by atoms with Crippen LogP contribution in [0.3, 0.4) is 0 Å². The number of benzene rings is 3. The molecule has 37 heavy (non-hydrogen) atoms. The first kappa shape index (κ1) is 28.2. The second-order valence-corrected chi connectivity index (χ2v) is 11.0. The number of sulfonamides is 1. The third-order valence-electron chi connectivity index (χ3n) is 5.84. The Morgan fingerprint density at radius 2 is 1.51 bits per heavy atom. The van der Waals surface area contributed by atoms with E-state index >= 15 is 0 Å². The van der Waals surface area contributed by atoms with Crippen LogP contribution in [0.25, 0.3) is 0 Å². The third-order valence-corrected chi connectivity index (χ3v) is 7.35. The van der Waals surface area contributed by atoms with Gasteiger partial charge in [0.05, 0.1) is 11.9 Å². The van der Waals surface area contributed by atoms with Gasteiger partial charge in [0.2, 0.25) is 21.8 Å². The smallest absolute Gasteiger partial charge is 0.244 e. The van der Waals surface area contributed by atoms with Crippen LogP contribution in [0.2, 0.25) is 5.02 Å². The van der Waals surface area contributed by atoms with Crippen LogP contribution in [-0.4, -0.2) is 50.5 Å². The molecule has 0 unspecified atom stereocenters. The van der Waals surface area contributed by atoms with Crippen molar-refractivity contribution in [1.29, 1.82) is 0 Å². The molecule has 3 aromatic carbocycles. The largest absolute Gasteiger partial charge is 0.354 e. The van der Waals surface area contributed by atoms with Gasteiger partial charge in [0, 0.05) is 24.5 Å². The van der Waals surface area contributed by atoms with Crippen molar-refractivity contribution in [3.8, 4) is 0 Å². The fourth-order valence-electron chi connectivity index (χ4n) is 3.94. The third kappa shape index (κ3) is 8.06. The van der Waals surface area contributed by atoms with E-state index < -0.39 is 28.5 Å². The molecule has 196 valence electrons. The quantitative estimate of drug-likeness (QED) is 0.371. The Hall–Kier alpha value is -3.36. The minimum absolute atomic E-state index is 0.0436.